The number of carboxylic acid groups (broad SMARTS) is 1. The number of thiazole rings is 1. The number of para-hydroxylation sites is 1. The molecule has 144 valence electrons. The summed E-state index contributed by atoms with van der Waals surface area (Å²) in [5, 5.41) is 13.5. The molecular formula is C21H26N2O3S. The number of amides is 1. The first-order valence-corrected chi connectivity index (χ1v) is 10.3. The number of hydrogen-bond donors (Lipinski definition) is 2. The third-order valence-electron chi connectivity index (χ3n) is 5.81. The van der Waals surface area contributed by atoms with Crippen molar-refractivity contribution in [3.8, 4) is 0 Å². The van der Waals surface area contributed by atoms with E-state index < -0.39 is 11.4 Å². The van der Waals surface area contributed by atoms with Crippen LogP contribution in [0.5, 0.6) is 0 Å². The quantitative estimate of drug-likeness (QED) is 0.693. The van der Waals surface area contributed by atoms with Crippen LogP contribution in [0.2, 0.25) is 0 Å². The molecule has 0 saturated carbocycles. The van der Waals surface area contributed by atoms with E-state index in [0.717, 1.165) is 21.6 Å². The van der Waals surface area contributed by atoms with Gasteiger partial charge in [-0.05, 0) is 37.8 Å². The Morgan fingerprint density at radius 1 is 1.22 bits per heavy atom. The molecule has 0 aliphatic heterocycles. The number of rotatable bonds is 7. The molecule has 2 unspecified atom stereocenters. The zero-order chi connectivity index (χ0) is 19.4. The predicted octanol–water partition coefficient (Wildman–Crippen LogP) is 4.35. The van der Waals surface area contributed by atoms with Crippen LogP contribution in [0.15, 0.2) is 36.4 Å². The van der Waals surface area contributed by atoms with Gasteiger partial charge < -0.3 is 10.4 Å². The Labute approximate surface area is 163 Å². The molecule has 2 aromatic rings. The standard InChI is InChI=1S/C21H26N2O3S/c1-3-21(4-2,20(25)26)13-22-18(24)14-9-5-6-10-15(14)19-23-16-11-7-8-12-17(16)27-19/h5-8,11-12,14-15H,3-4,9-10,13H2,1-2H3,(H,22,24)(H,25,26). The van der Waals surface area contributed by atoms with Gasteiger partial charge in [-0.25, -0.2) is 4.98 Å². The van der Waals surface area contributed by atoms with Gasteiger partial charge in [-0.1, -0.05) is 38.1 Å². The summed E-state index contributed by atoms with van der Waals surface area (Å²) in [6.07, 6.45) is 6.57. The summed E-state index contributed by atoms with van der Waals surface area (Å²) in [6, 6.07) is 8.01. The Hall–Kier alpha value is -2.21. The van der Waals surface area contributed by atoms with Crippen molar-refractivity contribution in [3.05, 3.63) is 41.4 Å². The van der Waals surface area contributed by atoms with Crippen LogP contribution in [-0.2, 0) is 9.59 Å². The van der Waals surface area contributed by atoms with E-state index in [-0.39, 0.29) is 24.3 Å². The van der Waals surface area contributed by atoms with Crippen LogP contribution in [0.25, 0.3) is 10.2 Å². The number of benzene rings is 1. The van der Waals surface area contributed by atoms with E-state index in [4.69, 9.17) is 4.98 Å². The fraction of sp³-hybridized carbons (Fsp3) is 0.476. The van der Waals surface area contributed by atoms with Crippen molar-refractivity contribution in [1.29, 1.82) is 0 Å². The van der Waals surface area contributed by atoms with Crippen LogP contribution in [0.3, 0.4) is 0 Å². The van der Waals surface area contributed by atoms with Crippen LogP contribution in [0.1, 0.15) is 50.5 Å². The van der Waals surface area contributed by atoms with E-state index in [1.54, 1.807) is 11.3 Å². The minimum Gasteiger partial charge on any atom is -0.481 e. The first kappa shape index (κ1) is 19.5. The van der Waals surface area contributed by atoms with Gasteiger partial charge in [-0.2, -0.15) is 0 Å². The third kappa shape index (κ3) is 3.90. The highest BCUT2D eigenvalue weighted by Crippen LogP contribution is 2.38. The van der Waals surface area contributed by atoms with Crippen molar-refractivity contribution in [2.45, 2.75) is 45.4 Å². The Balaban J connectivity index is 1.78. The van der Waals surface area contributed by atoms with Crippen LogP contribution >= 0.6 is 11.3 Å². The predicted molar refractivity (Wildman–Crippen MR) is 108 cm³/mol. The van der Waals surface area contributed by atoms with Crippen molar-refractivity contribution < 1.29 is 14.7 Å². The maximum Gasteiger partial charge on any atom is 0.311 e. The maximum atomic E-state index is 12.9. The van der Waals surface area contributed by atoms with Gasteiger partial charge in [0.1, 0.15) is 0 Å². The lowest BCUT2D eigenvalue weighted by atomic mass is 9.80. The summed E-state index contributed by atoms with van der Waals surface area (Å²) in [6.45, 7) is 3.88. The van der Waals surface area contributed by atoms with Crippen LogP contribution in [-0.4, -0.2) is 28.5 Å². The smallest absolute Gasteiger partial charge is 0.311 e. The Morgan fingerprint density at radius 3 is 2.59 bits per heavy atom. The van der Waals surface area contributed by atoms with Crippen LogP contribution in [0, 0.1) is 11.3 Å². The normalized spacial score (nSPS) is 19.9. The molecule has 1 heterocycles. The van der Waals surface area contributed by atoms with Gasteiger partial charge in [0.2, 0.25) is 5.91 Å². The highest BCUT2D eigenvalue weighted by Gasteiger charge is 2.37. The fourth-order valence-electron chi connectivity index (χ4n) is 3.69. The van der Waals surface area contributed by atoms with Crippen molar-refractivity contribution in [1.82, 2.24) is 10.3 Å². The summed E-state index contributed by atoms with van der Waals surface area (Å²) in [7, 11) is 0. The maximum absolute atomic E-state index is 12.9. The molecule has 0 fully saturated rings. The molecule has 6 heteroatoms. The SMILES string of the molecule is CCC(CC)(CNC(=O)C1CC=CCC1c1nc2ccccc2s1)C(=O)O. The number of aromatic nitrogens is 1. The fourth-order valence-corrected chi connectivity index (χ4v) is 4.84. The summed E-state index contributed by atoms with van der Waals surface area (Å²) in [4.78, 5) is 29.4. The monoisotopic (exact) mass is 386 g/mol. The number of allylic oxidation sites excluding steroid dienone is 2. The van der Waals surface area contributed by atoms with Gasteiger partial charge in [-0.15, -0.1) is 11.3 Å². The zero-order valence-electron chi connectivity index (χ0n) is 15.8. The second-order valence-electron chi connectivity index (χ2n) is 7.19. The summed E-state index contributed by atoms with van der Waals surface area (Å²) in [5.41, 5.74) is 0.0685. The average molecular weight is 387 g/mol. The van der Waals surface area contributed by atoms with Crippen molar-refractivity contribution in [3.63, 3.8) is 0 Å². The number of carbonyl (C=O) groups excluding carboxylic acids is 1. The van der Waals surface area contributed by atoms with Gasteiger partial charge in [0.05, 0.1) is 26.6 Å². The summed E-state index contributed by atoms with van der Waals surface area (Å²) in [5.74, 6) is -1.10. The second-order valence-corrected chi connectivity index (χ2v) is 8.25. The molecule has 0 saturated heterocycles. The highest BCUT2D eigenvalue weighted by molar-refractivity contribution is 7.18. The molecule has 3 rings (SSSR count). The Morgan fingerprint density at radius 2 is 1.93 bits per heavy atom. The van der Waals surface area contributed by atoms with Crippen molar-refractivity contribution >= 4 is 33.4 Å². The molecule has 1 aliphatic carbocycles. The van der Waals surface area contributed by atoms with Gasteiger partial charge >= 0.3 is 5.97 Å². The Bertz CT molecular complexity index is 821. The molecule has 0 radical (unpaired) electrons. The van der Waals surface area contributed by atoms with Crippen LogP contribution < -0.4 is 5.32 Å². The van der Waals surface area contributed by atoms with E-state index in [2.05, 4.69) is 11.4 Å². The highest BCUT2D eigenvalue weighted by atomic mass is 32.1. The Kier molecular flexibility index (Phi) is 5.95. The number of fused-ring (bicyclic) bond motifs is 1. The van der Waals surface area contributed by atoms with E-state index in [0.29, 0.717) is 19.3 Å². The molecule has 1 aromatic heterocycles. The summed E-state index contributed by atoms with van der Waals surface area (Å²) < 4.78 is 1.13. The molecule has 0 bridgehead atoms. The van der Waals surface area contributed by atoms with E-state index >= 15 is 0 Å². The number of aliphatic carboxylic acids is 1. The average Bonchev–Trinajstić information content (AvgIpc) is 3.13. The largest absolute Gasteiger partial charge is 0.481 e. The lowest BCUT2D eigenvalue weighted by Crippen LogP contribution is -2.45. The first-order chi connectivity index (χ1) is 13.0. The molecule has 1 amide bonds. The second kappa shape index (κ2) is 8.21. The number of nitrogens with zero attached hydrogens (tertiary/aromatic N) is 1. The number of nitrogens with one attached hydrogen (secondary N) is 1. The first-order valence-electron chi connectivity index (χ1n) is 9.52. The lowest BCUT2D eigenvalue weighted by Gasteiger charge is -2.30. The van der Waals surface area contributed by atoms with Gasteiger partial charge in [0.25, 0.3) is 0 Å². The molecule has 2 N–H and O–H groups in total. The third-order valence-corrected chi connectivity index (χ3v) is 6.97. The summed E-state index contributed by atoms with van der Waals surface area (Å²) >= 11 is 1.64. The molecular weight excluding hydrogens is 360 g/mol. The lowest BCUT2D eigenvalue weighted by molar-refractivity contribution is -0.149. The van der Waals surface area contributed by atoms with Crippen LogP contribution in [0.4, 0.5) is 0 Å². The van der Waals surface area contributed by atoms with Gasteiger partial charge in [-0.3, -0.25) is 9.59 Å². The van der Waals surface area contributed by atoms with E-state index in [1.165, 1.54) is 0 Å². The number of carboxylic acids is 1. The van der Waals surface area contributed by atoms with E-state index in [9.17, 15) is 14.7 Å². The topological polar surface area (TPSA) is 79.3 Å². The molecule has 2 atom stereocenters. The van der Waals surface area contributed by atoms with Crippen molar-refractivity contribution in [2.24, 2.45) is 11.3 Å². The number of hydrogen-bond acceptors (Lipinski definition) is 4. The van der Waals surface area contributed by atoms with Gasteiger partial charge in [0, 0.05) is 12.5 Å². The van der Waals surface area contributed by atoms with Gasteiger partial charge in [0.15, 0.2) is 0 Å². The van der Waals surface area contributed by atoms with Crippen molar-refractivity contribution in [2.75, 3.05) is 6.54 Å². The molecule has 1 aliphatic rings. The zero-order valence-corrected chi connectivity index (χ0v) is 16.6. The number of carbonyl (C=O) groups is 2. The minimum absolute atomic E-state index is 0.0369. The molecule has 0 spiro atoms. The molecule has 5 nitrogen and oxygen atoms in total. The molecule has 27 heavy (non-hydrogen) atoms. The molecule has 1 aromatic carbocycles. The van der Waals surface area contributed by atoms with E-state index in [1.807, 2.05) is 44.2 Å². The minimum atomic E-state index is -0.897.